The van der Waals surface area contributed by atoms with Crippen molar-refractivity contribution in [3.63, 3.8) is 0 Å². The first kappa shape index (κ1) is 17.1. The first-order valence-electron chi connectivity index (χ1n) is 9.06. The maximum absolute atomic E-state index is 13.3. The molecule has 1 unspecified atom stereocenters. The van der Waals surface area contributed by atoms with Crippen molar-refractivity contribution >= 4 is 11.7 Å². The number of hydrogen-bond acceptors (Lipinski definition) is 4. The number of carbonyl (C=O) groups excluding carboxylic acids is 1. The van der Waals surface area contributed by atoms with Crippen molar-refractivity contribution in [3.8, 4) is 0 Å². The monoisotopic (exact) mass is 361 g/mol. The molecule has 6 nitrogen and oxygen atoms in total. The summed E-state index contributed by atoms with van der Waals surface area (Å²) in [7, 11) is 0. The molecule has 26 heavy (non-hydrogen) atoms. The van der Waals surface area contributed by atoms with Crippen molar-refractivity contribution in [1.82, 2.24) is 24.5 Å². The Bertz CT molecular complexity index is 826. The number of nitrogens with zero attached hydrogens (tertiary/aromatic N) is 5. The Labute approximate surface area is 149 Å². The van der Waals surface area contributed by atoms with Gasteiger partial charge in [0.25, 0.3) is 12.2 Å². The van der Waals surface area contributed by atoms with Gasteiger partial charge in [-0.2, -0.15) is 14.6 Å². The minimum atomic E-state index is -2.64. The summed E-state index contributed by atoms with van der Waals surface area (Å²) in [5.74, 6) is 0.573. The molecule has 3 heterocycles. The molecule has 2 aliphatic rings. The SMILES string of the molecule is O=C(C1CC=CCC1)N1CCC(c2cc(C(F)F)n3ncnc3n2)CC1. The van der Waals surface area contributed by atoms with E-state index < -0.39 is 6.43 Å². The van der Waals surface area contributed by atoms with Crippen LogP contribution in [0, 0.1) is 5.92 Å². The molecule has 1 amide bonds. The van der Waals surface area contributed by atoms with Crippen LogP contribution in [0.4, 0.5) is 8.78 Å². The van der Waals surface area contributed by atoms with Crippen LogP contribution in [0.5, 0.6) is 0 Å². The third-order valence-electron chi connectivity index (χ3n) is 5.37. The van der Waals surface area contributed by atoms with Gasteiger partial charge in [0.1, 0.15) is 12.0 Å². The lowest BCUT2D eigenvalue weighted by atomic mass is 9.89. The summed E-state index contributed by atoms with van der Waals surface area (Å²) in [5, 5.41) is 3.82. The molecule has 1 aliphatic carbocycles. The van der Waals surface area contributed by atoms with Gasteiger partial charge >= 0.3 is 0 Å². The smallest absolute Gasteiger partial charge is 0.280 e. The first-order chi connectivity index (χ1) is 12.6. The Balaban J connectivity index is 1.47. The number of amides is 1. The second kappa shape index (κ2) is 7.09. The minimum absolute atomic E-state index is 0.0597. The highest BCUT2D eigenvalue weighted by Gasteiger charge is 2.30. The number of likely N-dealkylation sites (tertiary alicyclic amines) is 1. The van der Waals surface area contributed by atoms with Crippen molar-refractivity contribution in [2.75, 3.05) is 13.1 Å². The molecule has 1 atom stereocenters. The van der Waals surface area contributed by atoms with Crippen LogP contribution < -0.4 is 0 Å². The van der Waals surface area contributed by atoms with Gasteiger partial charge in [0, 0.05) is 30.6 Å². The second-order valence-corrected chi connectivity index (χ2v) is 6.96. The van der Waals surface area contributed by atoms with E-state index in [4.69, 9.17) is 0 Å². The summed E-state index contributed by atoms with van der Waals surface area (Å²) in [6.07, 6.45) is 6.97. The Hall–Kier alpha value is -2.38. The number of carbonyl (C=O) groups is 1. The summed E-state index contributed by atoms with van der Waals surface area (Å²) in [5.41, 5.74) is 0.434. The zero-order valence-corrected chi connectivity index (χ0v) is 14.4. The van der Waals surface area contributed by atoms with Gasteiger partial charge in [0.15, 0.2) is 0 Å². The fourth-order valence-corrected chi connectivity index (χ4v) is 3.89. The molecule has 2 aromatic rings. The number of allylic oxidation sites excluding steroid dienone is 2. The highest BCUT2D eigenvalue weighted by molar-refractivity contribution is 5.79. The molecule has 1 saturated heterocycles. The van der Waals surface area contributed by atoms with E-state index in [1.807, 2.05) is 4.90 Å². The van der Waals surface area contributed by atoms with E-state index in [1.165, 1.54) is 12.4 Å². The van der Waals surface area contributed by atoms with E-state index in [9.17, 15) is 13.6 Å². The maximum Gasteiger partial charge on any atom is 0.280 e. The number of alkyl halides is 2. The Morgan fingerprint density at radius 3 is 2.69 bits per heavy atom. The van der Waals surface area contributed by atoms with Crippen molar-refractivity contribution in [3.05, 3.63) is 35.9 Å². The summed E-state index contributed by atoms with van der Waals surface area (Å²) in [4.78, 5) is 22.9. The molecule has 0 N–H and O–H groups in total. The Kier molecular flexibility index (Phi) is 4.65. The molecule has 8 heteroatoms. The minimum Gasteiger partial charge on any atom is -0.342 e. The van der Waals surface area contributed by atoms with E-state index >= 15 is 0 Å². The zero-order chi connectivity index (χ0) is 18.1. The van der Waals surface area contributed by atoms with Gasteiger partial charge in [-0.05, 0) is 38.2 Å². The molecule has 2 aromatic heterocycles. The van der Waals surface area contributed by atoms with Gasteiger partial charge < -0.3 is 4.90 Å². The molecule has 1 aliphatic heterocycles. The van der Waals surface area contributed by atoms with E-state index in [-0.39, 0.29) is 29.2 Å². The van der Waals surface area contributed by atoms with Gasteiger partial charge in [-0.25, -0.2) is 13.8 Å². The van der Waals surface area contributed by atoms with Crippen LogP contribution in [-0.2, 0) is 4.79 Å². The molecular formula is C18H21F2N5O. The zero-order valence-electron chi connectivity index (χ0n) is 14.4. The topological polar surface area (TPSA) is 63.4 Å². The lowest BCUT2D eigenvalue weighted by molar-refractivity contribution is -0.136. The van der Waals surface area contributed by atoms with Crippen LogP contribution in [0.1, 0.15) is 55.8 Å². The molecule has 0 saturated carbocycles. The molecule has 1 fully saturated rings. The van der Waals surface area contributed by atoms with E-state index in [0.717, 1.165) is 36.6 Å². The van der Waals surface area contributed by atoms with Crippen molar-refractivity contribution in [2.45, 2.75) is 44.4 Å². The second-order valence-electron chi connectivity index (χ2n) is 6.96. The van der Waals surface area contributed by atoms with E-state index in [2.05, 4.69) is 27.2 Å². The fourth-order valence-electron chi connectivity index (χ4n) is 3.89. The van der Waals surface area contributed by atoms with Gasteiger partial charge in [0.2, 0.25) is 5.91 Å². The van der Waals surface area contributed by atoms with Gasteiger partial charge in [0.05, 0.1) is 0 Å². The number of piperidine rings is 1. The first-order valence-corrected chi connectivity index (χ1v) is 9.06. The summed E-state index contributed by atoms with van der Waals surface area (Å²) in [6, 6.07) is 1.43. The third-order valence-corrected chi connectivity index (χ3v) is 5.37. The highest BCUT2D eigenvalue weighted by atomic mass is 19.3. The van der Waals surface area contributed by atoms with E-state index in [1.54, 1.807) is 0 Å². The van der Waals surface area contributed by atoms with Crippen LogP contribution in [0.25, 0.3) is 5.78 Å². The molecule has 138 valence electrons. The van der Waals surface area contributed by atoms with Crippen molar-refractivity contribution in [2.24, 2.45) is 5.92 Å². The molecule has 0 aromatic carbocycles. The Morgan fingerprint density at radius 1 is 1.19 bits per heavy atom. The summed E-state index contributed by atoms with van der Waals surface area (Å²) in [6.45, 7) is 1.29. The lowest BCUT2D eigenvalue weighted by Gasteiger charge is -2.34. The van der Waals surface area contributed by atoms with Crippen LogP contribution in [0.15, 0.2) is 24.5 Å². The van der Waals surface area contributed by atoms with Gasteiger partial charge in [-0.3, -0.25) is 4.79 Å². The predicted molar refractivity (Wildman–Crippen MR) is 90.8 cm³/mol. The predicted octanol–water partition coefficient (Wildman–Crippen LogP) is 3.12. The van der Waals surface area contributed by atoms with Gasteiger partial charge in [-0.1, -0.05) is 12.2 Å². The molecule has 0 bridgehead atoms. The summed E-state index contributed by atoms with van der Waals surface area (Å²) < 4.78 is 27.7. The number of fused-ring (bicyclic) bond motifs is 1. The van der Waals surface area contributed by atoms with Crippen LogP contribution in [0.3, 0.4) is 0 Å². The summed E-state index contributed by atoms with van der Waals surface area (Å²) >= 11 is 0. The van der Waals surface area contributed by atoms with E-state index in [0.29, 0.717) is 18.8 Å². The Morgan fingerprint density at radius 2 is 2.00 bits per heavy atom. The van der Waals surface area contributed by atoms with Crippen molar-refractivity contribution in [1.29, 1.82) is 0 Å². The maximum atomic E-state index is 13.3. The standard InChI is InChI=1S/C18H21F2N5O/c19-16(20)15-10-14(23-18-21-11-22-25(15)18)12-6-8-24(9-7-12)17(26)13-4-2-1-3-5-13/h1-2,10-13,16H,3-9H2. The van der Waals surface area contributed by atoms with Crippen molar-refractivity contribution < 1.29 is 13.6 Å². The molecule has 0 spiro atoms. The largest absolute Gasteiger partial charge is 0.342 e. The number of aromatic nitrogens is 4. The quantitative estimate of drug-likeness (QED) is 0.788. The number of hydrogen-bond donors (Lipinski definition) is 0. The third kappa shape index (κ3) is 3.20. The highest BCUT2D eigenvalue weighted by Crippen LogP contribution is 2.31. The van der Waals surface area contributed by atoms with Crippen LogP contribution >= 0.6 is 0 Å². The number of rotatable bonds is 3. The average molecular weight is 361 g/mol. The molecule has 0 radical (unpaired) electrons. The average Bonchev–Trinajstić information content (AvgIpc) is 3.16. The number of halogens is 2. The lowest BCUT2D eigenvalue weighted by Crippen LogP contribution is -2.41. The normalized spacial score (nSPS) is 21.7. The molecular weight excluding hydrogens is 340 g/mol. The van der Waals surface area contributed by atoms with Gasteiger partial charge in [-0.15, -0.1) is 0 Å². The van der Waals surface area contributed by atoms with Crippen LogP contribution in [0.2, 0.25) is 0 Å². The fraction of sp³-hybridized carbons (Fsp3) is 0.556. The van der Waals surface area contributed by atoms with Crippen LogP contribution in [-0.4, -0.2) is 43.5 Å². The molecule has 4 rings (SSSR count).